The first-order chi connectivity index (χ1) is 7.22. The van der Waals surface area contributed by atoms with Crippen molar-refractivity contribution in [2.75, 3.05) is 25.9 Å². The molecule has 1 nitrogen and oxygen atoms in total. The van der Waals surface area contributed by atoms with Crippen LogP contribution in [0.4, 0.5) is 0 Å². The van der Waals surface area contributed by atoms with Crippen molar-refractivity contribution in [2.45, 2.75) is 12.8 Å². The summed E-state index contributed by atoms with van der Waals surface area (Å²) in [4.78, 5) is 2.36. The molecule has 0 radical (unpaired) electrons. The molecule has 0 unspecified atom stereocenters. The lowest BCUT2D eigenvalue weighted by Gasteiger charge is -2.15. The third kappa shape index (κ3) is 5.59. The third-order valence-corrected chi connectivity index (χ3v) is 3.18. The molecule has 0 fully saturated rings. The Hall–Kier alpha value is 0.01000. The molecule has 1 rings (SSSR count). The van der Waals surface area contributed by atoms with Crippen LogP contribution in [0.2, 0.25) is 0 Å². The summed E-state index contributed by atoms with van der Waals surface area (Å²) < 4.78 is 1.16. The number of likely N-dealkylation sites (N-methyl/N-ethyl adjacent to an activating group) is 1. The highest BCUT2D eigenvalue weighted by Gasteiger charge is 1.99. The zero-order valence-electron chi connectivity index (χ0n) is 9.12. The maximum atomic E-state index is 4.21. The molecule has 0 heterocycles. The monoisotopic (exact) mass is 287 g/mol. The van der Waals surface area contributed by atoms with Gasteiger partial charge in [0.15, 0.2) is 0 Å². The van der Waals surface area contributed by atoms with Crippen LogP contribution in [0.3, 0.4) is 0 Å². The van der Waals surface area contributed by atoms with Gasteiger partial charge in [-0.1, -0.05) is 28.1 Å². The third-order valence-electron chi connectivity index (χ3n) is 2.37. The molecular formula is C12H18BrNS. The van der Waals surface area contributed by atoms with Crippen molar-refractivity contribution in [3.8, 4) is 0 Å². The summed E-state index contributed by atoms with van der Waals surface area (Å²) in [5.41, 5.74) is 1.39. The Kier molecular flexibility index (Phi) is 6.37. The summed E-state index contributed by atoms with van der Waals surface area (Å²) in [6.45, 7) is 2.25. The van der Waals surface area contributed by atoms with E-state index in [-0.39, 0.29) is 0 Å². The van der Waals surface area contributed by atoms with Crippen LogP contribution in [0.1, 0.15) is 12.0 Å². The number of hydrogen-bond donors (Lipinski definition) is 1. The topological polar surface area (TPSA) is 3.24 Å². The van der Waals surface area contributed by atoms with Crippen LogP contribution in [0.15, 0.2) is 28.7 Å². The summed E-state index contributed by atoms with van der Waals surface area (Å²) in [5, 5.41) is 0. The fourth-order valence-corrected chi connectivity index (χ4v) is 2.05. The average molecular weight is 288 g/mol. The predicted molar refractivity (Wildman–Crippen MR) is 73.8 cm³/mol. The lowest BCUT2D eigenvalue weighted by molar-refractivity contribution is 0.340. The number of thiol groups is 1. The van der Waals surface area contributed by atoms with E-state index < -0.39 is 0 Å². The van der Waals surface area contributed by atoms with Gasteiger partial charge in [0.25, 0.3) is 0 Å². The first-order valence-corrected chi connectivity index (χ1v) is 6.69. The highest BCUT2D eigenvalue weighted by Crippen LogP contribution is 2.12. The van der Waals surface area contributed by atoms with Crippen molar-refractivity contribution < 1.29 is 0 Å². The molecule has 0 saturated heterocycles. The standard InChI is InChI=1S/C12H18BrNS/c1-14(7-3-9-15)8-6-11-4-2-5-12(13)10-11/h2,4-5,10,15H,3,6-9H2,1H3. The molecule has 15 heavy (non-hydrogen) atoms. The van der Waals surface area contributed by atoms with Crippen LogP contribution in [-0.4, -0.2) is 30.8 Å². The van der Waals surface area contributed by atoms with Gasteiger partial charge in [-0.15, -0.1) is 0 Å². The van der Waals surface area contributed by atoms with Gasteiger partial charge in [0.2, 0.25) is 0 Å². The van der Waals surface area contributed by atoms with Gasteiger partial charge < -0.3 is 4.90 Å². The van der Waals surface area contributed by atoms with Gasteiger partial charge >= 0.3 is 0 Å². The van der Waals surface area contributed by atoms with Gasteiger partial charge in [-0.3, -0.25) is 0 Å². The van der Waals surface area contributed by atoms with Crippen LogP contribution in [-0.2, 0) is 6.42 Å². The minimum Gasteiger partial charge on any atom is -0.306 e. The summed E-state index contributed by atoms with van der Waals surface area (Å²) in [6.07, 6.45) is 2.28. The van der Waals surface area contributed by atoms with Gasteiger partial charge in [0, 0.05) is 11.0 Å². The van der Waals surface area contributed by atoms with E-state index in [2.05, 4.69) is 64.8 Å². The average Bonchev–Trinajstić information content (AvgIpc) is 2.23. The number of halogens is 1. The van der Waals surface area contributed by atoms with Crippen molar-refractivity contribution in [3.63, 3.8) is 0 Å². The maximum Gasteiger partial charge on any atom is 0.0178 e. The molecule has 0 saturated carbocycles. The highest BCUT2D eigenvalue weighted by molar-refractivity contribution is 9.10. The van der Waals surface area contributed by atoms with E-state index in [1.54, 1.807) is 0 Å². The highest BCUT2D eigenvalue weighted by atomic mass is 79.9. The first kappa shape index (κ1) is 13.1. The molecule has 0 N–H and O–H groups in total. The van der Waals surface area contributed by atoms with Crippen molar-refractivity contribution >= 4 is 28.6 Å². The Morgan fingerprint density at radius 3 is 2.80 bits per heavy atom. The second-order valence-electron chi connectivity index (χ2n) is 3.76. The van der Waals surface area contributed by atoms with E-state index in [0.717, 1.165) is 36.2 Å². The molecule has 3 heteroatoms. The Labute approximate surface area is 106 Å². The second kappa shape index (κ2) is 7.31. The van der Waals surface area contributed by atoms with Crippen LogP contribution in [0.25, 0.3) is 0 Å². The van der Waals surface area contributed by atoms with Crippen molar-refractivity contribution in [2.24, 2.45) is 0 Å². The molecule has 0 aliphatic heterocycles. The number of benzene rings is 1. The van der Waals surface area contributed by atoms with E-state index in [1.807, 2.05) is 0 Å². The van der Waals surface area contributed by atoms with Crippen LogP contribution in [0, 0.1) is 0 Å². The molecule has 0 amide bonds. The smallest absolute Gasteiger partial charge is 0.0178 e. The van der Waals surface area contributed by atoms with Crippen molar-refractivity contribution in [3.05, 3.63) is 34.3 Å². The first-order valence-electron chi connectivity index (χ1n) is 5.26. The van der Waals surface area contributed by atoms with Gasteiger partial charge in [0.1, 0.15) is 0 Å². The van der Waals surface area contributed by atoms with Crippen LogP contribution in [0.5, 0.6) is 0 Å². The summed E-state index contributed by atoms with van der Waals surface area (Å²) in [6, 6.07) is 8.52. The predicted octanol–water partition coefficient (Wildman–Crippen LogP) is 3.24. The maximum absolute atomic E-state index is 4.21. The number of hydrogen-bond acceptors (Lipinski definition) is 2. The van der Waals surface area contributed by atoms with E-state index >= 15 is 0 Å². The van der Waals surface area contributed by atoms with Gasteiger partial charge in [-0.25, -0.2) is 0 Å². The Balaban J connectivity index is 2.30. The normalized spacial score (nSPS) is 10.9. The SMILES string of the molecule is CN(CCCS)CCc1cccc(Br)c1. The Morgan fingerprint density at radius 2 is 2.13 bits per heavy atom. The zero-order chi connectivity index (χ0) is 11.1. The lowest BCUT2D eigenvalue weighted by atomic mass is 10.1. The van der Waals surface area contributed by atoms with Crippen LogP contribution < -0.4 is 0 Å². The quantitative estimate of drug-likeness (QED) is 0.786. The Morgan fingerprint density at radius 1 is 1.33 bits per heavy atom. The second-order valence-corrected chi connectivity index (χ2v) is 5.12. The minimum atomic E-state index is 0.973. The molecule has 1 aromatic carbocycles. The van der Waals surface area contributed by atoms with E-state index in [4.69, 9.17) is 0 Å². The molecule has 0 aromatic heterocycles. The van der Waals surface area contributed by atoms with E-state index in [0.29, 0.717) is 0 Å². The molecule has 1 aromatic rings. The number of rotatable bonds is 6. The Bertz CT molecular complexity index is 291. The molecule has 84 valence electrons. The van der Waals surface area contributed by atoms with Gasteiger partial charge in [-0.05, 0) is 49.9 Å². The van der Waals surface area contributed by atoms with Gasteiger partial charge in [-0.2, -0.15) is 12.6 Å². The largest absolute Gasteiger partial charge is 0.306 e. The molecule has 0 atom stereocenters. The van der Waals surface area contributed by atoms with Crippen molar-refractivity contribution in [1.29, 1.82) is 0 Å². The lowest BCUT2D eigenvalue weighted by Crippen LogP contribution is -2.22. The number of nitrogens with zero attached hydrogens (tertiary/aromatic N) is 1. The van der Waals surface area contributed by atoms with E-state index in [9.17, 15) is 0 Å². The minimum absolute atomic E-state index is 0.973. The molecule has 0 bridgehead atoms. The molecule has 0 spiro atoms. The van der Waals surface area contributed by atoms with Crippen LogP contribution >= 0.6 is 28.6 Å². The zero-order valence-corrected chi connectivity index (χ0v) is 11.6. The fourth-order valence-electron chi connectivity index (χ4n) is 1.46. The summed E-state index contributed by atoms with van der Waals surface area (Å²) in [5.74, 6) is 0.973. The van der Waals surface area contributed by atoms with Gasteiger partial charge in [0.05, 0.1) is 0 Å². The summed E-state index contributed by atoms with van der Waals surface area (Å²) in [7, 11) is 2.17. The molecular weight excluding hydrogens is 270 g/mol. The fraction of sp³-hybridized carbons (Fsp3) is 0.500. The molecule has 0 aliphatic rings. The van der Waals surface area contributed by atoms with E-state index in [1.165, 1.54) is 5.56 Å². The van der Waals surface area contributed by atoms with Crippen molar-refractivity contribution in [1.82, 2.24) is 4.90 Å². The molecule has 0 aliphatic carbocycles. The summed E-state index contributed by atoms with van der Waals surface area (Å²) >= 11 is 7.70.